The van der Waals surface area contributed by atoms with Crippen molar-refractivity contribution in [2.45, 2.75) is 6.54 Å². The predicted molar refractivity (Wildman–Crippen MR) is 128 cm³/mol. The van der Waals surface area contributed by atoms with Crippen molar-refractivity contribution in [1.82, 2.24) is 4.57 Å². The summed E-state index contributed by atoms with van der Waals surface area (Å²) in [5.74, 6) is -1.41. The molecule has 1 N–H and O–H groups in total. The number of nitrogens with zero attached hydrogens (tertiary/aromatic N) is 3. The molecule has 4 aromatic rings. The van der Waals surface area contributed by atoms with Crippen LogP contribution in [0.15, 0.2) is 84.6 Å². The van der Waals surface area contributed by atoms with Gasteiger partial charge in [0.2, 0.25) is 11.7 Å². The maximum absolute atomic E-state index is 13.1. The number of amides is 1. The number of carbonyl (C=O) groups excluding carboxylic acids is 2. The summed E-state index contributed by atoms with van der Waals surface area (Å²) in [6.07, 6.45) is 3.05. The average molecular weight is 468 g/mol. The number of hydrogen-bond acceptors (Lipinski definition) is 5. The first-order chi connectivity index (χ1) is 16.9. The van der Waals surface area contributed by atoms with E-state index in [0.29, 0.717) is 22.2 Å². The van der Waals surface area contributed by atoms with E-state index in [-0.39, 0.29) is 29.3 Å². The zero-order chi connectivity index (χ0) is 24.9. The van der Waals surface area contributed by atoms with Crippen molar-refractivity contribution < 1.29 is 18.9 Å². The van der Waals surface area contributed by atoms with E-state index >= 15 is 0 Å². The molecule has 4 rings (SSSR count). The number of non-ortho nitro benzene ring substituents is 1. The highest BCUT2D eigenvalue weighted by Gasteiger charge is 2.17. The van der Waals surface area contributed by atoms with Gasteiger partial charge in [0, 0.05) is 46.0 Å². The number of allylic oxidation sites excluding steroid dienone is 1. The van der Waals surface area contributed by atoms with E-state index in [9.17, 15) is 29.4 Å². The van der Waals surface area contributed by atoms with Crippen molar-refractivity contribution in [1.29, 1.82) is 5.26 Å². The van der Waals surface area contributed by atoms with Gasteiger partial charge >= 0.3 is 0 Å². The lowest BCUT2D eigenvalue weighted by Gasteiger charge is -2.07. The number of ketones is 1. The van der Waals surface area contributed by atoms with Gasteiger partial charge in [0.05, 0.1) is 4.92 Å². The summed E-state index contributed by atoms with van der Waals surface area (Å²) in [4.78, 5) is 35.9. The monoisotopic (exact) mass is 468 g/mol. The lowest BCUT2D eigenvalue weighted by Crippen LogP contribution is -2.18. The first-order valence-corrected chi connectivity index (χ1v) is 10.4. The van der Waals surface area contributed by atoms with Crippen molar-refractivity contribution in [3.63, 3.8) is 0 Å². The molecular weight excluding hydrogens is 451 g/mol. The lowest BCUT2D eigenvalue weighted by molar-refractivity contribution is -0.384. The largest absolute Gasteiger partial charge is 0.337 e. The Kier molecular flexibility index (Phi) is 6.46. The van der Waals surface area contributed by atoms with E-state index in [1.54, 1.807) is 35.0 Å². The second-order valence-electron chi connectivity index (χ2n) is 7.59. The number of Topliss-reactive ketones (excluding diaryl/α,β-unsaturated/α-hetero) is 1. The van der Waals surface area contributed by atoms with Crippen molar-refractivity contribution in [2.24, 2.45) is 0 Å². The minimum Gasteiger partial charge on any atom is -0.337 e. The van der Waals surface area contributed by atoms with Crippen LogP contribution in [0.3, 0.4) is 0 Å². The van der Waals surface area contributed by atoms with Crippen LogP contribution < -0.4 is 5.32 Å². The Morgan fingerprint density at radius 1 is 1.09 bits per heavy atom. The van der Waals surface area contributed by atoms with Crippen LogP contribution in [0.4, 0.5) is 15.8 Å². The highest BCUT2D eigenvalue weighted by molar-refractivity contribution is 6.15. The van der Waals surface area contributed by atoms with Gasteiger partial charge in [-0.15, -0.1) is 0 Å². The number of nitro benzene ring substituents is 1. The van der Waals surface area contributed by atoms with E-state index in [1.165, 1.54) is 48.5 Å². The first kappa shape index (κ1) is 23.1. The minimum atomic E-state index is -0.651. The van der Waals surface area contributed by atoms with Crippen LogP contribution in [0.1, 0.15) is 15.9 Å². The van der Waals surface area contributed by atoms with E-state index in [4.69, 9.17) is 0 Å². The third-order valence-electron chi connectivity index (χ3n) is 5.25. The van der Waals surface area contributed by atoms with Gasteiger partial charge < -0.3 is 9.88 Å². The average Bonchev–Trinajstić information content (AvgIpc) is 3.20. The fourth-order valence-corrected chi connectivity index (χ4v) is 3.63. The third-order valence-corrected chi connectivity index (χ3v) is 5.25. The topological polar surface area (TPSA) is 118 Å². The standard InChI is InChI=1S/C26H17FN4O4/c27-20-8-10-21(11-9-20)29-25(32)16-30-15-19(23-6-1-2-7-24(23)30)12-18(14-28)26(33)17-4-3-5-22(13-17)31(34)35/h1-13,15H,16H2,(H,29,32)/b18-12+. The Labute approximate surface area is 198 Å². The number of fused-ring (bicyclic) bond motifs is 1. The Bertz CT molecular complexity index is 1530. The SMILES string of the molecule is N#C/C(=C\c1cn(CC(=O)Nc2ccc(F)cc2)c2ccccc12)C(=O)c1cccc([N+](=O)[O-])c1. The molecule has 0 spiro atoms. The number of anilines is 1. The molecule has 0 unspecified atom stereocenters. The van der Waals surface area contributed by atoms with Crippen LogP contribution in [0, 0.1) is 27.3 Å². The number of para-hydroxylation sites is 1. The van der Waals surface area contributed by atoms with Gasteiger partial charge in [-0.2, -0.15) is 5.26 Å². The third kappa shape index (κ3) is 5.12. The normalized spacial score (nSPS) is 11.1. The lowest BCUT2D eigenvalue weighted by atomic mass is 10.0. The quantitative estimate of drug-likeness (QED) is 0.133. The van der Waals surface area contributed by atoms with Gasteiger partial charge in [-0.05, 0) is 36.4 Å². The maximum atomic E-state index is 13.1. The smallest absolute Gasteiger partial charge is 0.270 e. The molecule has 35 heavy (non-hydrogen) atoms. The summed E-state index contributed by atoms with van der Waals surface area (Å²) in [5, 5.41) is 24.1. The minimum absolute atomic E-state index is 0.0226. The Balaban J connectivity index is 1.65. The highest BCUT2D eigenvalue weighted by Crippen LogP contribution is 2.25. The van der Waals surface area contributed by atoms with Crippen LogP contribution in [0.25, 0.3) is 17.0 Å². The molecule has 0 fully saturated rings. The second-order valence-corrected chi connectivity index (χ2v) is 7.59. The van der Waals surface area contributed by atoms with Crippen molar-refractivity contribution in [3.8, 4) is 6.07 Å². The number of nitrogens with one attached hydrogen (secondary N) is 1. The fraction of sp³-hybridized carbons (Fsp3) is 0.0385. The highest BCUT2D eigenvalue weighted by atomic mass is 19.1. The van der Waals surface area contributed by atoms with Crippen LogP contribution >= 0.6 is 0 Å². The van der Waals surface area contributed by atoms with E-state index in [2.05, 4.69) is 5.32 Å². The number of nitro groups is 1. The van der Waals surface area contributed by atoms with E-state index in [0.717, 1.165) is 6.07 Å². The number of hydrogen-bond donors (Lipinski definition) is 1. The number of carbonyl (C=O) groups is 2. The van der Waals surface area contributed by atoms with Crippen LogP contribution in [-0.2, 0) is 11.3 Å². The molecule has 0 saturated heterocycles. The van der Waals surface area contributed by atoms with Gasteiger partial charge in [-0.3, -0.25) is 19.7 Å². The molecular formula is C26H17FN4O4. The molecule has 0 radical (unpaired) electrons. The molecule has 0 saturated carbocycles. The van der Waals surface area contributed by atoms with Crippen molar-refractivity contribution in [2.75, 3.05) is 5.32 Å². The van der Waals surface area contributed by atoms with Crippen LogP contribution in [-0.4, -0.2) is 21.2 Å². The molecule has 3 aromatic carbocycles. The number of benzene rings is 3. The number of rotatable bonds is 7. The molecule has 1 amide bonds. The summed E-state index contributed by atoms with van der Waals surface area (Å²) in [7, 11) is 0. The number of halogens is 1. The Hall–Kier alpha value is -5.10. The van der Waals surface area contributed by atoms with Gasteiger partial charge in [-0.25, -0.2) is 4.39 Å². The van der Waals surface area contributed by atoms with E-state index < -0.39 is 16.5 Å². The fourth-order valence-electron chi connectivity index (χ4n) is 3.63. The molecule has 0 atom stereocenters. The summed E-state index contributed by atoms with van der Waals surface area (Å²) in [6, 6.07) is 19.6. The second kappa shape index (κ2) is 9.80. The molecule has 0 bridgehead atoms. The molecule has 0 aliphatic heterocycles. The zero-order valence-electron chi connectivity index (χ0n) is 18.1. The zero-order valence-corrected chi connectivity index (χ0v) is 18.1. The van der Waals surface area contributed by atoms with Crippen molar-refractivity contribution in [3.05, 3.63) is 112 Å². The molecule has 0 aliphatic carbocycles. The summed E-state index contributed by atoms with van der Waals surface area (Å²) >= 11 is 0. The number of aromatic nitrogens is 1. The van der Waals surface area contributed by atoms with Gasteiger partial charge in [0.25, 0.3) is 5.69 Å². The van der Waals surface area contributed by atoms with Crippen LogP contribution in [0.2, 0.25) is 0 Å². The molecule has 8 nitrogen and oxygen atoms in total. The van der Waals surface area contributed by atoms with Crippen molar-refractivity contribution >= 4 is 40.0 Å². The molecule has 172 valence electrons. The van der Waals surface area contributed by atoms with Gasteiger partial charge in [0.1, 0.15) is 24.0 Å². The first-order valence-electron chi connectivity index (χ1n) is 10.4. The summed E-state index contributed by atoms with van der Waals surface area (Å²) in [6.45, 7) is -0.0631. The van der Waals surface area contributed by atoms with E-state index in [1.807, 2.05) is 6.07 Å². The van der Waals surface area contributed by atoms with Crippen LogP contribution in [0.5, 0.6) is 0 Å². The van der Waals surface area contributed by atoms with Gasteiger partial charge in [-0.1, -0.05) is 30.3 Å². The maximum Gasteiger partial charge on any atom is 0.270 e. The Morgan fingerprint density at radius 3 is 2.54 bits per heavy atom. The number of nitriles is 1. The summed E-state index contributed by atoms with van der Waals surface area (Å²) < 4.78 is 14.8. The predicted octanol–water partition coefficient (Wildman–Crippen LogP) is 5.12. The molecule has 0 aliphatic rings. The molecule has 1 aromatic heterocycles. The Morgan fingerprint density at radius 2 is 1.83 bits per heavy atom. The molecule has 1 heterocycles. The summed E-state index contributed by atoms with van der Waals surface area (Å²) in [5.41, 5.74) is 1.25. The molecule has 9 heteroatoms. The van der Waals surface area contributed by atoms with Gasteiger partial charge in [0.15, 0.2) is 0 Å².